The molecule has 4 rings (SSSR count). The molecule has 1 aromatic heterocycles. The minimum absolute atomic E-state index is 0.00291. The second kappa shape index (κ2) is 10.0. The molecule has 1 aliphatic rings. The number of nitrogens with one attached hydrogen (secondary N) is 1. The number of hydrogen-bond acceptors (Lipinski definition) is 4. The topological polar surface area (TPSA) is 65.8 Å². The van der Waals surface area contributed by atoms with Crippen LogP contribution in [0.2, 0.25) is 5.02 Å². The van der Waals surface area contributed by atoms with Crippen LogP contribution in [0.3, 0.4) is 0 Å². The van der Waals surface area contributed by atoms with E-state index in [0.29, 0.717) is 29.6 Å². The van der Waals surface area contributed by atoms with Gasteiger partial charge in [0, 0.05) is 47.8 Å². The van der Waals surface area contributed by atoms with Gasteiger partial charge >= 0.3 is 0 Å². The van der Waals surface area contributed by atoms with Crippen LogP contribution >= 0.6 is 27.5 Å². The zero-order chi connectivity index (χ0) is 23.5. The number of nitrogens with zero attached hydrogens (tertiary/aromatic N) is 2. The number of halogens is 2. The molecule has 0 radical (unpaired) electrons. The van der Waals surface area contributed by atoms with Crippen molar-refractivity contribution in [3.05, 3.63) is 69.9 Å². The molecule has 1 saturated heterocycles. The fourth-order valence-electron chi connectivity index (χ4n) is 3.80. The summed E-state index contributed by atoms with van der Waals surface area (Å²) in [7, 11) is 0. The number of rotatable bonds is 5. The Balaban J connectivity index is 1.39. The summed E-state index contributed by atoms with van der Waals surface area (Å²) in [6.07, 6.45) is 0. The molecular weight excluding hydrogens is 506 g/mol. The van der Waals surface area contributed by atoms with Crippen LogP contribution in [0, 0.1) is 5.92 Å². The van der Waals surface area contributed by atoms with E-state index < -0.39 is 0 Å². The minimum Gasteiger partial charge on any atom is -0.451 e. The summed E-state index contributed by atoms with van der Waals surface area (Å²) in [5.41, 5.74) is 2.37. The third-order valence-corrected chi connectivity index (χ3v) is 6.42. The van der Waals surface area contributed by atoms with Crippen molar-refractivity contribution < 1.29 is 14.0 Å². The van der Waals surface area contributed by atoms with Gasteiger partial charge in [-0.25, -0.2) is 0 Å². The maximum atomic E-state index is 12.7. The van der Waals surface area contributed by atoms with Crippen LogP contribution < -0.4 is 10.2 Å². The summed E-state index contributed by atoms with van der Waals surface area (Å²) in [5.74, 6) is 0.682. The zero-order valence-corrected chi connectivity index (χ0v) is 20.8. The smallest absolute Gasteiger partial charge is 0.291 e. The molecule has 2 amide bonds. The van der Waals surface area contributed by atoms with E-state index in [4.69, 9.17) is 16.0 Å². The highest BCUT2D eigenvalue weighted by Crippen LogP contribution is 2.30. The summed E-state index contributed by atoms with van der Waals surface area (Å²) in [4.78, 5) is 28.9. The molecule has 2 aromatic carbocycles. The molecule has 2 heterocycles. The summed E-state index contributed by atoms with van der Waals surface area (Å²) in [6, 6.07) is 16.6. The molecule has 0 aliphatic carbocycles. The predicted octanol–water partition coefficient (Wildman–Crippen LogP) is 5.92. The van der Waals surface area contributed by atoms with Crippen molar-refractivity contribution in [3.8, 4) is 11.3 Å². The Hall–Kier alpha value is -2.77. The van der Waals surface area contributed by atoms with Crippen LogP contribution in [0.4, 0.5) is 11.4 Å². The summed E-state index contributed by atoms with van der Waals surface area (Å²) >= 11 is 9.95. The Labute approximate surface area is 206 Å². The molecule has 0 unspecified atom stereocenters. The highest BCUT2D eigenvalue weighted by Gasteiger charge is 2.24. The maximum Gasteiger partial charge on any atom is 0.291 e. The Morgan fingerprint density at radius 2 is 1.70 bits per heavy atom. The highest BCUT2D eigenvalue weighted by atomic mass is 79.9. The Bertz CT molecular complexity index is 1150. The first-order valence-corrected chi connectivity index (χ1v) is 12.0. The number of anilines is 2. The fraction of sp³-hybridized carbons (Fsp3) is 0.280. The van der Waals surface area contributed by atoms with Gasteiger partial charge in [0.2, 0.25) is 5.91 Å². The van der Waals surface area contributed by atoms with E-state index in [2.05, 4.69) is 26.1 Å². The van der Waals surface area contributed by atoms with Crippen LogP contribution in [-0.4, -0.2) is 42.9 Å². The molecule has 3 aromatic rings. The van der Waals surface area contributed by atoms with E-state index in [-0.39, 0.29) is 23.5 Å². The molecule has 0 bridgehead atoms. The Morgan fingerprint density at radius 3 is 2.33 bits per heavy atom. The maximum absolute atomic E-state index is 12.7. The molecule has 33 heavy (non-hydrogen) atoms. The van der Waals surface area contributed by atoms with Gasteiger partial charge in [-0.3, -0.25) is 9.59 Å². The molecule has 0 spiro atoms. The van der Waals surface area contributed by atoms with E-state index in [1.54, 1.807) is 18.2 Å². The van der Waals surface area contributed by atoms with Gasteiger partial charge in [-0.05, 0) is 42.5 Å². The molecule has 1 aliphatic heterocycles. The van der Waals surface area contributed by atoms with Crippen LogP contribution in [0.5, 0.6) is 0 Å². The molecule has 172 valence electrons. The SMILES string of the molecule is CC(C)C(=O)N1CCN(c2ccc(NC(=O)c3ccc(-c4ccc(Br)cc4)o3)cc2Cl)CC1. The summed E-state index contributed by atoms with van der Waals surface area (Å²) in [5, 5.41) is 3.39. The second-order valence-electron chi connectivity index (χ2n) is 8.26. The lowest BCUT2D eigenvalue weighted by Gasteiger charge is -2.37. The van der Waals surface area contributed by atoms with Crippen molar-refractivity contribution in [2.45, 2.75) is 13.8 Å². The minimum atomic E-state index is -0.344. The van der Waals surface area contributed by atoms with Gasteiger partial charge in [-0.1, -0.05) is 53.5 Å². The van der Waals surface area contributed by atoms with Gasteiger partial charge in [0.25, 0.3) is 5.91 Å². The lowest BCUT2D eigenvalue weighted by atomic mass is 10.1. The summed E-state index contributed by atoms with van der Waals surface area (Å²) in [6.45, 7) is 6.62. The molecule has 6 nitrogen and oxygen atoms in total. The number of carbonyl (C=O) groups excluding carboxylic acids is 2. The second-order valence-corrected chi connectivity index (χ2v) is 9.58. The number of carbonyl (C=O) groups is 2. The van der Waals surface area contributed by atoms with Gasteiger partial charge in [-0.2, -0.15) is 0 Å². The normalized spacial score (nSPS) is 14.0. The Morgan fingerprint density at radius 1 is 1.00 bits per heavy atom. The van der Waals surface area contributed by atoms with Crippen LogP contribution in [-0.2, 0) is 4.79 Å². The van der Waals surface area contributed by atoms with Crippen LogP contribution in [0.15, 0.2) is 63.5 Å². The van der Waals surface area contributed by atoms with Crippen molar-refractivity contribution in [2.24, 2.45) is 5.92 Å². The van der Waals surface area contributed by atoms with Crippen molar-refractivity contribution in [3.63, 3.8) is 0 Å². The first-order valence-electron chi connectivity index (χ1n) is 10.8. The number of amides is 2. The molecule has 0 saturated carbocycles. The lowest BCUT2D eigenvalue weighted by molar-refractivity contribution is -0.134. The number of piperazine rings is 1. The quantitative estimate of drug-likeness (QED) is 0.445. The third-order valence-electron chi connectivity index (χ3n) is 5.59. The molecule has 1 N–H and O–H groups in total. The number of benzene rings is 2. The van der Waals surface area contributed by atoms with Gasteiger partial charge in [0.15, 0.2) is 5.76 Å². The van der Waals surface area contributed by atoms with Crippen molar-refractivity contribution in [1.29, 1.82) is 0 Å². The van der Waals surface area contributed by atoms with E-state index in [9.17, 15) is 9.59 Å². The van der Waals surface area contributed by atoms with E-state index in [1.807, 2.05) is 55.1 Å². The van der Waals surface area contributed by atoms with Gasteiger partial charge in [0.1, 0.15) is 5.76 Å². The van der Waals surface area contributed by atoms with E-state index in [1.165, 1.54) is 0 Å². The number of furan rings is 1. The van der Waals surface area contributed by atoms with Crippen LogP contribution in [0.1, 0.15) is 24.4 Å². The highest BCUT2D eigenvalue weighted by molar-refractivity contribution is 9.10. The van der Waals surface area contributed by atoms with Crippen molar-refractivity contribution in [2.75, 3.05) is 36.4 Å². The average Bonchev–Trinajstić information content (AvgIpc) is 3.30. The van der Waals surface area contributed by atoms with Gasteiger partial charge < -0.3 is 19.5 Å². The average molecular weight is 531 g/mol. The van der Waals surface area contributed by atoms with E-state index in [0.717, 1.165) is 28.8 Å². The van der Waals surface area contributed by atoms with Crippen LogP contribution in [0.25, 0.3) is 11.3 Å². The first kappa shape index (κ1) is 23.4. The van der Waals surface area contributed by atoms with E-state index >= 15 is 0 Å². The summed E-state index contributed by atoms with van der Waals surface area (Å²) < 4.78 is 6.71. The molecular formula is C25H25BrClN3O3. The Kier molecular flexibility index (Phi) is 7.10. The number of hydrogen-bond donors (Lipinski definition) is 1. The van der Waals surface area contributed by atoms with Gasteiger partial charge in [-0.15, -0.1) is 0 Å². The lowest BCUT2D eigenvalue weighted by Crippen LogP contribution is -2.50. The molecule has 1 fully saturated rings. The van der Waals surface area contributed by atoms with Gasteiger partial charge in [0.05, 0.1) is 10.7 Å². The predicted molar refractivity (Wildman–Crippen MR) is 135 cm³/mol. The first-order chi connectivity index (χ1) is 15.8. The fourth-order valence-corrected chi connectivity index (χ4v) is 4.36. The molecule has 8 heteroatoms. The third kappa shape index (κ3) is 5.42. The molecule has 0 atom stereocenters. The monoisotopic (exact) mass is 529 g/mol. The van der Waals surface area contributed by atoms with Crippen molar-refractivity contribution >= 4 is 50.7 Å². The standard InChI is InChI=1S/C25H25BrClN3O3/c1-16(2)25(32)30-13-11-29(12-14-30)21-8-7-19(15-20(21)27)28-24(31)23-10-9-22(33-23)17-3-5-18(26)6-4-17/h3-10,15-16H,11-14H2,1-2H3,(H,28,31). The zero-order valence-electron chi connectivity index (χ0n) is 18.5. The van der Waals surface area contributed by atoms with Crippen molar-refractivity contribution in [1.82, 2.24) is 4.90 Å². The largest absolute Gasteiger partial charge is 0.451 e.